The Labute approximate surface area is 79.5 Å². The Morgan fingerprint density at radius 1 is 1.15 bits per heavy atom. The third-order valence-electron chi connectivity index (χ3n) is 2.87. The summed E-state index contributed by atoms with van der Waals surface area (Å²) in [6, 6.07) is 0. The highest BCUT2D eigenvalue weighted by Gasteiger charge is 2.11. The third-order valence-corrected chi connectivity index (χ3v) is 2.87. The van der Waals surface area contributed by atoms with Gasteiger partial charge in [-0.2, -0.15) is 0 Å². The van der Waals surface area contributed by atoms with Crippen LogP contribution in [-0.2, 0) is 6.42 Å². The van der Waals surface area contributed by atoms with Crippen molar-refractivity contribution < 1.29 is 0 Å². The summed E-state index contributed by atoms with van der Waals surface area (Å²) in [5, 5.41) is 0. The predicted octanol–water partition coefficient (Wildman–Crippen LogP) is 3.05. The van der Waals surface area contributed by atoms with Crippen LogP contribution in [0.15, 0.2) is 11.8 Å². The van der Waals surface area contributed by atoms with Gasteiger partial charge in [-0.1, -0.05) is 11.6 Å². The topological polar surface area (TPSA) is 12.9 Å². The van der Waals surface area contributed by atoms with Crippen LogP contribution < -0.4 is 0 Å². The van der Waals surface area contributed by atoms with E-state index in [2.05, 4.69) is 31.8 Å². The lowest BCUT2D eigenvalue weighted by Crippen LogP contribution is -2.03. The summed E-state index contributed by atoms with van der Waals surface area (Å²) in [4.78, 5) is 4.47. The molecule has 1 heteroatoms. The number of pyridine rings is 1. The Morgan fingerprint density at radius 3 is 2.69 bits per heavy atom. The zero-order valence-electron chi connectivity index (χ0n) is 8.52. The van der Waals surface area contributed by atoms with Gasteiger partial charge in [0.05, 0.1) is 0 Å². The molecule has 0 bridgehead atoms. The van der Waals surface area contributed by atoms with Gasteiger partial charge >= 0.3 is 0 Å². The summed E-state index contributed by atoms with van der Waals surface area (Å²) in [7, 11) is 0. The molecule has 0 amide bonds. The first kappa shape index (κ1) is 8.49. The van der Waals surface area contributed by atoms with Crippen molar-refractivity contribution >= 4 is 6.08 Å². The molecule has 1 nitrogen and oxygen atoms in total. The van der Waals surface area contributed by atoms with Crippen LogP contribution in [0.25, 0.3) is 6.08 Å². The Morgan fingerprint density at radius 2 is 1.92 bits per heavy atom. The lowest BCUT2D eigenvalue weighted by Gasteiger charge is -2.16. The van der Waals surface area contributed by atoms with E-state index in [4.69, 9.17) is 0 Å². The van der Waals surface area contributed by atoms with Crippen molar-refractivity contribution in [2.75, 3.05) is 0 Å². The third kappa shape index (κ3) is 1.39. The smallest absolute Gasteiger partial charge is 0.0481 e. The first-order valence-electron chi connectivity index (χ1n) is 4.80. The summed E-state index contributed by atoms with van der Waals surface area (Å²) in [5.74, 6) is 0. The van der Waals surface area contributed by atoms with Gasteiger partial charge in [0.1, 0.15) is 0 Å². The lowest BCUT2D eigenvalue weighted by atomic mass is 9.93. The number of aryl methyl sites for hydroxylation is 2. The van der Waals surface area contributed by atoms with E-state index in [0.717, 1.165) is 6.42 Å². The maximum atomic E-state index is 4.47. The van der Waals surface area contributed by atoms with Crippen LogP contribution in [0.3, 0.4) is 0 Å². The van der Waals surface area contributed by atoms with E-state index in [1.165, 1.54) is 34.4 Å². The average Bonchev–Trinajstić information content (AvgIpc) is 2.12. The minimum Gasteiger partial charge on any atom is -0.260 e. The highest BCUT2D eigenvalue weighted by Crippen LogP contribution is 2.25. The number of hydrogen-bond acceptors (Lipinski definition) is 1. The van der Waals surface area contributed by atoms with E-state index in [9.17, 15) is 0 Å². The first-order valence-corrected chi connectivity index (χ1v) is 4.80. The van der Waals surface area contributed by atoms with Gasteiger partial charge < -0.3 is 0 Å². The molecule has 1 heterocycles. The second kappa shape index (κ2) is 2.99. The molecule has 0 aromatic carbocycles. The Balaban J connectivity index is 2.63. The zero-order valence-corrected chi connectivity index (χ0v) is 8.52. The Kier molecular flexibility index (Phi) is 1.95. The van der Waals surface area contributed by atoms with Gasteiger partial charge in [0.2, 0.25) is 0 Å². The SMILES string of the molecule is CC1=Cc2c(ncc(C)c2C)CC1. The highest BCUT2D eigenvalue weighted by molar-refractivity contribution is 5.61. The van der Waals surface area contributed by atoms with Crippen molar-refractivity contribution in [3.8, 4) is 0 Å². The molecule has 1 aliphatic rings. The summed E-state index contributed by atoms with van der Waals surface area (Å²) in [5.41, 5.74) is 6.80. The van der Waals surface area contributed by atoms with Crippen LogP contribution in [0.2, 0.25) is 0 Å². The predicted molar refractivity (Wildman–Crippen MR) is 55.7 cm³/mol. The van der Waals surface area contributed by atoms with Crippen LogP contribution in [0, 0.1) is 13.8 Å². The normalized spacial score (nSPS) is 15.2. The lowest BCUT2D eigenvalue weighted by molar-refractivity contribution is 0.876. The number of nitrogens with zero attached hydrogens (tertiary/aromatic N) is 1. The quantitative estimate of drug-likeness (QED) is 0.587. The van der Waals surface area contributed by atoms with Gasteiger partial charge in [0, 0.05) is 11.9 Å². The molecule has 0 unspecified atom stereocenters. The molecule has 2 rings (SSSR count). The number of hydrogen-bond donors (Lipinski definition) is 0. The molecule has 0 spiro atoms. The molecule has 13 heavy (non-hydrogen) atoms. The second-order valence-corrected chi connectivity index (χ2v) is 3.92. The standard InChI is InChI=1S/C12H15N/c1-8-4-5-12-11(6-8)10(3)9(2)7-13-12/h6-7H,4-5H2,1-3H3. The van der Waals surface area contributed by atoms with Gasteiger partial charge in [0.25, 0.3) is 0 Å². The molecular formula is C12H15N. The molecule has 0 saturated carbocycles. The summed E-state index contributed by atoms with van der Waals surface area (Å²) < 4.78 is 0. The first-order chi connectivity index (χ1) is 6.18. The number of aromatic nitrogens is 1. The van der Waals surface area contributed by atoms with Gasteiger partial charge in [-0.05, 0) is 50.3 Å². The molecule has 1 aromatic heterocycles. The van der Waals surface area contributed by atoms with E-state index >= 15 is 0 Å². The molecule has 1 aromatic rings. The minimum atomic E-state index is 1.11. The Hall–Kier alpha value is -1.11. The van der Waals surface area contributed by atoms with Crippen molar-refractivity contribution in [3.05, 3.63) is 34.2 Å². The maximum Gasteiger partial charge on any atom is 0.0481 e. The molecule has 0 fully saturated rings. The number of fused-ring (bicyclic) bond motifs is 1. The monoisotopic (exact) mass is 173 g/mol. The van der Waals surface area contributed by atoms with Crippen LogP contribution in [-0.4, -0.2) is 4.98 Å². The Bertz CT molecular complexity index is 375. The molecule has 0 aliphatic heterocycles. The zero-order chi connectivity index (χ0) is 9.42. The van der Waals surface area contributed by atoms with Crippen molar-refractivity contribution in [1.29, 1.82) is 0 Å². The largest absolute Gasteiger partial charge is 0.260 e. The van der Waals surface area contributed by atoms with Crippen molar-refractivity contribution in [3.63, 3.8) is 0 Å². The molecular weight excluding hydrogens is 158 g/mol. The van der Waals surface area contributed by atoms with Gasteiger partial charge in [0.15, 0.2) is 0 Å². The average molecular weight is 173 g/mol. The minimum absolute atomic E-state index is 1.11. The van der Waals surface area contributed by atoms with E-state index in [1.807, 2.05) is 6.20 Å². The molecule has 68 valence electrons. The summed E-state index contributed by atoms with van der Waals surface area (Å²) >= 11 is 0. The fourth-order valence-corrected chi connectivity index (χ4v) is 1.79. The summed E-state index contributed by atoms with van der Waals surface area (Å²) in [6.07, 6.45) is 6.55. The van der Waals surface area contributed by atoms with E-state index in [0.29, 0.717) is 0 Å². The molecule has 0 saturated heterocycles. The van der Waals surface area contributed by atoms with E-state index in [-0.39, 0.29) is 0 Å². The van der Waals surface area contributed by atoms with Crippen LogP contribution in [0.4, 0.5) is 0 Å². The van der Waals surface area contributed by atoms with Crippen molar-refractivity contribution in [1.82, 2.24) is 4.98 Å². The number of rotatable bonds is 0. The molecule has 0 radical (unpaired) electrons. The van der Waals surface area contributed by atoms with Crippen LogP contribution in [0.1, 0.15) is 35.7 Å². The maximum absolute atomic E-state index is 4.47. The van der Waals surface area contributed by atoms with Crippen LogP contribution >= 0.6 is 0 Å². The van der Waals surface area contributed by atoms with E-state index in [1.54, 1.807) is 0 Å². The fourth-order valence-electron chi connectivity index (χ4n) is 1.79. The van der Waals surface area contributed by atoms with Crippen molar-refractivity contribution in [2.24, 2.45) is 0 Å². The molecule has 0 N–H and O–H groups in total. The van der Waals surface area contributed by atoms with Gasteiger partial charge in [-0.3, -0.25) is 4.98 Å². The second-order valence-electron chi connectivity index (χ2n) is 3.92. The molecule has 0 atom stereocenters. The van der Waals surface area contributed by atoms with Crippen LogP contribution in [0.5, 0.6) is 0 Å². The van der Waals surface area contributed by atoms with Crippen molar-refractivity contribution in [2.45, 2.75) is 33.6 Å². The van der Waals surface area contributed by atoms with E-state index < -0.39 is 0 Å². The summed E-state index contributed by atoms with van der Waals surface area (Å²) in [6.45, 7) is 6.51. The molecule has 1 aliphatic carbocycles. The fraction of sp³-hybridized carbons (Fsp3) is 0.417. The highest BCUT2D eigenvalue weighted by atomic mass is 14.7. The van der Waals surface area contributed by atoms with Gasteiger partial charge in [-0.25, -0.2) is 0 Å². The van der Waals surface area contributed by atoms with Gasteiger partial charge in [-0.15, -0.1) is 0 Å². The number of allylic oxidation sites excluding steroid dienone is 1.